The van der Waals surface area contributed by atoms with Crippen molar-refractivity contribution in [2.75, 3.05) is 18.9 Å². The topological polar surface area (TPSA) is 99.3 Å². The van der Waals surface area contributed by atoms with Crippen LogP contribution in [0.25, 0.3) is 10.9 Å². The molecule has 3 aromatic rings. The standard InChI is InChI=1S/C18H16ClN3O4S/c1-22(11-18(24)20-14-4-2-3-13(19)10-14)27(25,26)15-6-7-16-12(9-15)5-8-17(23)21-16/h2-10H,11H2,1H3,(H,20,24)(H,21,23). The molecule has 0 aliphatic carbocycles. The summed E-state index contributed by atoms with van der Waals surface area (Å²) in [5.41, 5.74) is 0.740. The zero-order valence-corrected chi connectivity index (χ0v) is 15.8. The van der Waals surface area contributed by atoms with Crippen LogP contribution in [0.5, 0.6) is 0 Å². The monoisotopic (exact) mass is 405 g/mol. The third-order valence-corrected chi connectivity index (χ3v) is 5.91. The number of hydrogen-bond donors (Lipinski definition) is 2. The van der Waals surface area contributed by atoms with Crippen molar-refractivity contribution in [3.05, 3.63) is 70.0 Å². The molecule has 3 rings (SSSR count). The SMILES string of the molecule is CN(CC(=O)Nc1cccc(Cl)c1)S(=O)(=O)c1ccc2[nH]c(=O)ccc2c1. The third kappa shape index (κ3) is 4.36. The smallest absolute Gasteiger partial charge is 0.248 e. The average molecular weight is 406 g/mol. The molecule has 2 aromatic carbocycles. The van der Waals surface area contributed by atoms with Gasteiger partial charge in [0.25, 0.3) is 0 Å². The van der Waals surface area contributed by atoms with E-state index in [2.05, 4.69) is 10.3 Å². The lowest BCUT2D eigenvalue weighted by Gasteiger charge is -2.17. The van der Waals surface area contributed by atoms with Gasteiger partial charge in [0, 0.05) is 29.3 Å². The fourth-order valence-electron chi connectivity index (χ4n) is 2.53. The number of rotatable bonds is 5. The Hall–Kier alpha value is -2.68. The number of carbonyl (C=O) groups is 1. The molecule has 9 heteroatoms. The number of nitrogens with zero attached hydrogens (tertiary/aromatic N) is 1. The molecule has 7 nitrogen and oxygen atoms in total. The molecule has 27 heavy (non-hydrogen) atoms. The van der Waals surface area contributed by atoms with Gasteiger partial charge in [-0.3, -0.25) is 9.59 Å². The summed E-state index contributed by atoms with van der Waals surface area (Å²) in [5, 5.41) is 3.64. The maximum Gasteiger partial charge on any atom is 0.248 e. The molecule has 0 spiro atoms. The van der Waals surface area contributed by atoms with Gasteiger partial charge in [-0.05, 0) is 47.9 Å². The first-order chi connectivity index (χ1) is 12.8. The molecule has 0 unspecified atom stereocenters. The van der Waals surface area contributed by atoms with Gasteiger partial charge in [0.1, 0.15) is 0 Å². The van der Waals surface area contributed by atoms with Crippen molar-refractivity contribution < 1.29 is 13.2 Å². The summed E-state index contributed by atoms with van der Waals surface area (Å²) in [5.74, 6) is -0.492. The minimum absolute atomic E-state index is 0.0279. The highest BCUT2D eigenvalue weighted by Crippen LogP contribution is 2.20. The molecular weight excluding hydrogens is 390 g/mol. The van der Waals surface area contributed by atoms with Gasteiger partial charge in [0.15, 0.2) is 0 Å². The van der Waals surface area contributed by atoms with Crippen LogP contribution in [0.1, 0.15) is 0 Å². The minimum Gasteiger partial charge on any atom is -0.325 e. The van der Waals surface area contributed by atoms with E-state index in [9.17, 15) is 18.0 Å². The largest absolute Gasteiger partial charge is 0.325 e. The van der Waals surface area contributed by atoms with Gasteiger partial charge in [-0.25, -0.2) is 8.42 Å². The second-order valence-electron chi connectivity index (χ2n) is 5.89. The van der Waals surface area contributed by atoms with Crippen LogP contribution >= 0.6 is 11.6 Å². The third-order valence-electron chi connectivity index (χ3n) is 3.88. The van der Waals surface area contributed by atoms with Crippen molar-refractivity contribution in [2.45, 2.75) is 4.90 Å². The maximum atomic E-state index is 12.7. The fraction of sp³-hybridized carbons (Fsp3) is 0.111. The minimum atomic E-state index is -3.88. The molecule has 0 fully saturated rings. The highest BCUT2D eigenvalue weighted by atomic mass is 35.5. The Morgan fingerprint density at radius 1 is 1.15 bits per heavy atom. The van der Waals surface area contributed by atoms with E-state index in [0.717, 1.165) is 4.31 Å². The zero-order valence-electron chi connectivity index (χ0n) is 14.3. The summed E-state index contributed by atoms with van der Waals surface area (Å²) in [6, 6.07) is 13.8. The Labute approximate surface area is 160 Å². The number of fused-ring (bicyclic) bond motifs is 1. The second-order valence-corrected chi connectivity index (χ2v) is 8.37. The fourth-order valence-corrected chi connectivity index (χ4v) is 3.88. The van der Waals surface area contributed by atoms with Gasteiger partial charge in [-0.1, -0.05) is 17.7 Å². The number of anilines is 1. The van der Waals surface area contributed by atoms with E-state index in [4.69, 9.17) is 11.6 Å². The molecule has 0 atom stereocenters. The van der Waals surface area contributed by atoms with Gasteiger partial charge in [0.05, 0.1) is 11.4 Å². The first-order valence-electron chi connectivity index (χ1n) is 7.90. The molecule has 0 bridgehead atoms. The first-order valence-corrected chi connectivity index (χ1v) is 9.72. The molecule has 1 heterocycles. The van der Waals surface area contributed by atoms with Crippen LogP contribution in [0.15, 0.2) is 64.3 Å². The van der Waals surface area contributed by atoms with Crippen LogP contribution in [0.2, 0.25) is 5.02 Å². The predicted molar refractivity (Wildman–Crippen MR) is 104 cm³/mol. The number of amides is 1. The first kappa shape index (κ1) is 19.1. The van der Waals surface area contributed by atoms with E-state index in [-0.39, 0.29) is 17.0 Å². The molecule has 0 saturated heterocycles. The number of halogens is 1. The van der Waals surface area contributed by atoms with E-state index in [1.807, 2.05) is 0 Å². The van der Waals surface area contributed by atoms with Gasteiger partial charge >= 0.3 is 0 Å². The van der Waals surface area contributed by atoms with E-state index < -0.39 is 15.9 Å². The Morgan fingerprint density at radius 2 is 1.93 bits per heavy atom. The molecule has 1 amide bonds. The van der Waals surface area contributed by atoms with Crippen molar-refractivity contribution in [2.24, 2.45) is 0 Å². The number of nitrogens with one attached hydrogen (secondary N) is 2. The van der Waals surface area contributed by atoms with Crippen LogP contribution < -0.4 is 10.9 Å². The average Bonchev–Trinajstić information content (AvgIpc) is 2.61. The van der Waals surface area contributed by atoms with E-state index in [1.54, 1.807) is 30.3 Å². The molecule has 0 aliphatic rings. The molecule has 0 saturated carbocycles. The number of likely N-dealkylation sites (N-methyl/N-ethyl adjacent to an activating group) is 1. The molecular formula is C18H16ClN3O4S. The van der Waals surface area contributed by atoms with Crippen molar-refractivity contribution in [1.29, 1.82) is 0 Å². The number of pyridine rings is 1. The molecule has 1 aromatic heterocycles. The molecule has 2 N–H and O–H groups in total. The number of aromatic nitrogens is 1. The lowest BCUT2D eigenvalue weighted by Crippen LogP contribution is -2.35. The summed E-state index contributed by atoms with van der Waals surface area (Å²) in [6.45, 7) is -0.363. The second kappa shape index (κ2) is 7.51. The number of hydrogen-bond acceptors (Lipinski definition) is 4. The summed E-state index contributed by atoms with van der Waals surface area (Å²) >= 11 is 5.86. The van der Waals surface area contributed by atoms with E-state index in [0.29, 0.717) is 21.6 Å². The van der Waals surface area contributed by atoms with E-state index in [1.165, 1.54) is 31.3 Å². The van der Waals surface area contributed by atoms with Crippen LogP contribution in [0.4, 0.5) is 5.69 Å². The van der Waals surface area contributed by atoms with Crippen molar-refractivity contribution >= 4 is 44.1 Å². The summed E-state index contributed by atoms with van der Waals surface area (Å²) < 4.78 is 26.4. The summed E-state index contributed by atoms with van der Waals surface area (Å²) in [7, 11) is -2.56. The highest BCUT2D eigenvalue weighted by Gasteiger charge is 2.23. The number of carbonyl (C=O) groups excluding carboxylic acids is 1. The van der Waals surface area contributed by atoms with Crippen LogP contribution in [0, 0.1) is 0 Å². The van der Waals surface area contributed by atoms with Crippen LogP contribution in [-0.2, 0) is 14.8 Å². The lowest BCUT2D eigenvalue weighted by molar-refractivity contribution is -0.116. The molecule has 140 valence electrons. The Bertz CT molecular complexity index is 1170. The van der Waals surface area contributed by atoms with Crippen LogP contribution in [-0.4, -0.2) is 37.2 Å². The van der Waals surface area contributed by atoms with Crippen LogP contribution in [0.3, 0.4) is 0 Å². The quantitative estimate of drug-likeness (QED) is 0.681. The van der Waals surface area contributed by atoms with Gasteiger partial charge in [0.2, 0.25) is 21.5 Å². The maximum absolute atomic E-state index is 12.7. The number of sulfonamides is 1. The Kier molecular flexibility index (Phi) is 5.31. The number of benzene rings is 2. The number of H-pyrrole nitrogens is 1. The molecule has 0 aliphatic heterocycles. The number of aromatic amines is 1. The Balaban J connectivity index is 1.78. The normalized spacial score (nSPS) is 11.7. The summed E-state index contributed by atoms with van der Waals surface area (Å²) in [6.07, 6.45) is 0. The highest BCUT2D eigenvalue weighted by molar-refractivity contribution is 7.89. The lowest BCUT2D eigenvalue weighted by atomic mass is 10.2. The van der Waals surface area contributed by atoms with E-state index >= 15 is 0 Å². The predicted octanol–water partition coefficient (Wildman–Crippen LogP) is 2.44. The zero-order chi connectivity index (χ0) is 19.6. The summed E-state index contributed by atoms with van der Waals surface area (Å²) in [4.78, 5) is 26.1. The molecule has 0 radical (unpaired) electrons. The van der Waals surface area contributed by atoms with Crippen molar-refractivity contribution in [3.63, 3.8) is 0 Å². The van der Waals surface area contributed by atoms with Crippen molar-refractivity contribution in [1.82, 2.24) is 9.29 Å². The van der Waals surface area contributed by atoms with Gasteiger partial charge < -0.3 is 10.3 Å². The van der Waals surface area contributed by atoms with Crippen molar-refractivity contribution in [3.8, 4) is 0 Å². The van der Waals surface area contributed by atoms with Gasteiger partial charge in [-0.2, -0.15) is 4.31 Å². The Morgan fingerprint density at radius 3 is 2.67 bits per heavy atom. The van der Waals surface area contributed by atoms with Gasteiger partial charge in [-0.15, -0.1) is 0 Å².